The van der Waals surface area contributed by atoms with Crippen molar-refractivity contribution in [3.63, 3.8) is 0 Å². The smallest absolute Gasteiger partial charge is 0.276 e. The second-order valence-electron chi connectivity index (χ2n) is 7.58. The van der Waals surface area contributed by atoms with Crippen LogP contribution < -0.4 is 10.9 Å². The first-order chi connectivity index (χ1) is 16.5. The van der Waals surface area contributed by atoms with Gasteiger partial charge in [0.1, 0.15) is 23.2 Å². The average molecular weight is 457 g/mol. The molecule has 0 radical (unpaired) electrons. The molecule has 9 heteroatoms. The highest BCUT2D eigenvalue weighted by Crippen LogP contribution is 2.20. The molecule has 5 aromatic rings. The van der Waals surface area contributed by atoms with Gasteiger partial charge in [-0.25, -0.2) is 13.8 Å². The maximum Gasteiger partial charge on any atom is 0.276 e. The lowest BCUT2D eigenvalue weighted by Crippen LogP contribution is -2.24. The first kappa shape index (κ1) is 21.2. The van der Waals surface area contributed by atoms with Gasteiger partial charge in [0, 0.05) is 18.2 Å². The lowest BCUT2D eigenvalue weighted by molar-refractivity contribution is 0.102. The minimum Gasteiger partial charge on any atom is -0.342 e. The zero-order valence-corrected chi connectivity index (χ0v) is 17.6. The van der Waals surface area contributed by atoms with Gasteiger partial charge in [-0.1, -0.05) is 18.2 Å². The summed E-state index contributed by atoms with van der Waals surface area (Å²) in [5, 5.41) is 6.84. The summed E-state index contributed by atoms with van der Waals surface area (Å²) in [6.07, 6.45) is 0.303. The van der Waals surface area contributed by atoms with E-state index in [9.17, 15) is 18.4 Å². The topological polar surface area (TPSA) is 92.7 Å². The van der Waals surface area contributed by atoms with Gasteiger partial charge in [-0.3, -0.25) is 9.59 Å². The summed E-state index contributed by atoms with van der Waals surface area (Å²) in [5.74, 6) is -0.680. The predicted octanol–water partition coefficient (Wildman–Crippen LogP) is 4.23. The minimum absolute atomic E-state index is 0.00822. The number of hydrogen-bond donors (Lipinski definition) is 2. The molecule has 0 spiro atoms. The quantitative estimate of drug-likeness (QED) is 0.413. The highest BCUT2D eigenvalue weighted by atomic mass is 19.1. The zero-order valence-electron chi connectivity index (χ0n) is 17.6. The SMILES string of the molecule is O=C(Nc1ccc2nc(Cc3ccccc3F)[nH]c2c1)c1ccc(=O)n(-c2ccc(F)cc2)n1. The highest BCUT2D eigenvalue weighted by Gasteiger charge is 2.13. The first-order valence-electron chi connectivity index (χ1n) is 10.4. The van der Waals surface area contributed by atoms with E-state index in [4.69, 9.17) is 0 Å². The van der Waals surface area contributed by atoms with E-state index in [0.717, 1.165) is 4.68 Å². The number of carbonyl (C=O) groups excluding carboxylic acids is 1. The summed E-state index contributed by atoms with van der Waals surface area (Å²) >= 11 is 0. The summed E-state index contributed by atoms with van der Waals surface area (Å²) in [6, 6.07) is 19.4. The Morgan fingerprint density at radius 3 is 2.56 bits per heavy atom. The second kappa shape index (κ2) is 8.70. The molecule has 2 N–H and O–H groups in total. The second-order valence-corrected chi connectivity index (χ2v) is 7.58. The molecule has 0 unspecified atom stereocenters. The summed E-state index contributed by atoms with van der Waals surface area (Å²) in [6.45, 7) is 0. The molecule has 2 aromatic heterocycles. The van der Waals surface area contributed by atoms with Crippen molar-refractivity contribution in [2.24, 2.45) is 0 Å². The van der Waals surface area contributed by atoms with E-state index >= 15 is 0 Å². The number of anilines is 1. The lowest BCUT2D eigenvalue weighted by atomic mass is 10.1. The maximum atomic E-state index is 13.9. The molecule has 7 nitrogen and oxygen atoms in total. The van der Waals surface area contributed by atoms with E-state index in [0.29, 0.717) is 40.2 Å². The Morgan fingerprint density at radius 1 is 0.971 bits per heavy atom. The molecule has 0 saturated heterocycles. The fraction of sp³-hybridized carbons (Fsp3) is 0.0400. The summed E-state index contributed by atoms with van der Waals surface area (Å²) in [4.78, 5) is 32.6. The molecule has 3 aromatic carbocycles. The van der Waals surface area contributed by atoms with E-state index in [2.05, 4.69) is 20.4 Å². The molecular weight excluding hydrogens is 440 g/mol. The number of nitrogens with one attached hydrogen (secondary N) is 2. The van der Waals surface area contributed by atoms with Crippen molar-refractivity contribution >= 4 is 22.6 Å². The van der Waals surface area contributed by atoms with E-state index in [1.807, 2.05) is 0 Å². The number of imidazole rings is 1. The molecule has 0 saturated carbocycles. The average Bonchev–Trinajstić information content (AvgIpc) is 3.23. The predicted molar refractivity (Wildman–Crippen MR) is 123 cm³/mol. The fourth-order valence-corrected chi connectivity index (χ4v) is 3.54. The van der Waals surface area contributed by atoms with Crippen molar-refractivity contribution in [3.8, 4) is 5.69 Å². The summed E-state index contributed by atoms with van der Waals surface area (Å²) in [7, 11) is 0. The van der Waals surface area contributed by atoms with Crippen LogP contribution in [-0.2, 0) is 6.42 Å². The Balaban J connectivity index is 1.37. The molecule has 0 aliphatic carbocycles. The van der Waals surface area contributed by atoms with Crippen molar-refractivity contribution in [1.82, 2.24) is 19.7 Å². The lowest BCUT2D eigenvalue weighted by Gasteiger charge is -2.08. The van der Waals surface area contributed by atoms with Crippen molar-refractivity contribution in [2.75, 3.05) is 5.32 Å². The van der Waals surface area contributed by atoms with Crippen LogP contribution in [0.1, 0.15) is 21.9 Å². The van der Waals surface area contributed by atoms with Crippen LogP contribution in [0.3, 0.4) is 0 Å². The normalized spacial score (nSPS) is 11.0. The van der Waals surface area contributed by atoms with Crippen molar-refractivity contribution < 1.29 is 13.6 Å². The number of halogens is 2. The van der Waals surface area contributed by atoms with Gasteiger partial charge in [-0.2, -0.15) is 9.78 Å². The third kappa shape index (κ3) is 4.31. The number of benzene rings is 3. The molecule has 168 valence electrons. The molecule has 0 aliphatic rings. The van der Waals surface area contributed by atoms with E-state index in [1.165, 1.54) is 42.5 Å². The molecule has 0 atom stereocenters. The van der Waals surface area contributed by atoms with Gasteiger partial charge < -0.3 is 10.3 Å². The largest absolute Gasteiger partial charge is 0.342 e. The Hall–Kier alpha value is -4.66. The standard InChI is InChI=1S/C25H17F2N5O2/c26-16-5-8-18(9-6-16)32-24(33)12-11-21(31-32)25(34)28-17-7-10-20-22(14-17)30-23(29-20)13-15-3-1-2-4-19(15)27/h1-12,14H,13H2,(H,28,34)(H,29,30). The van der Waals surface area contributed by atoms with E-state index in [-0.39, 0.29) is 11.5 Å². The number of amides is 1. The number of rotatable bonds is 5. The van der Waals surface area contributed by atoms with E-state index < -0.39 is 17.3 Å². The Kier molecular flexibility index (Phi) is 5.43. The van der Waals surface area contributed by atoms with Crippen LogP contribution in [0, 0.1) is 11.6 Å². The number of aromatic nitrogens is 4. The Morgan fingerprint density at radius 2 is 1.76 bits per heavy atom. The van der Waals surface area contributed by atoms with Crippen molar-refractivity contribution in [3.05, 3.63) is 118 Å². The number of nitrogens with zero attached hydrogens (tertiary/aromatic N) is 3. The molecule has 0 aliphatic heterocycles. The number of carbonyl (C=O) groups is 1. The molecule has 2 heterocycles. The van der Waals surface area contributed by atoms with Crippen molar-refractivity contribution in [2.45, 2.75) is 6.42 Å². The van der Waals surface area contributed by atoms with Crippen LogP contribution in [0.2, 0.25) is 0 Å². The molecule has 0 bridgehead atoms. The van der Waals surface area contributed by atoms with Crippen LogP contribution in [-0.4, -0.2) is 25.7 Å². The van der Waals surface area contributed by atoms with Gasteiger partial charge in [0.25, 0.3) is 11.5 Å². The third-order valence-electron chi connectivity index (χ3n) is 5.21. The van der Waals surface area contributed by atoms with Gasteiger partial charge in [0.05, 0.1) is 16.7 Å². The monoisotopic (exact) mass is 457 g/mol. The summed E-state index contributed by atoms with van der Waals surface area (Å²) < 4.78 is 28.2. The maximum absolute atomic E-state index is 13.9. The van der Waals surface area contributed by atoms with Crippen LogP contribution in [0.4, 0.5) is 14.5 Å². The molecule has 1 amide bonds. The molecular formula is C25H17F2N5O2. The fourth-order valence-electron chi connectivity index (χ4n) is 3.54. The van der Waals surface area contributed by atoms with Gasteiger partial charge >= 0.3 is 0 Å². The van der Waals surface area contributed by atoms with Gasteiger partial charge in [0.15, 0.2) is 0 Å². The van der Waals surface area contributed by atoms with Gasteiger partial charge in [0.2, 0.25) is 0 Å². The Labute approximate surface area is 191 Å². The van der Waals surface area contributed by atoms with Gasteiger partial charge in [-0.15, -0.1) is 0 Å². The van der Waals surface area contributed by atoms with Crippen LogP contribution in [0.15, 0.2) is 83.7 Å². The molecule has 0 fully saturated rings. The number of aromatic amines is 1. The van der Waals surface area contributed by atoms with Crippen molar-refractivity contribution in [1.29, 1.82) is 0 Å². The zero-order chi connectivity index (χ0) is 23.7. The number of hydrogen-bond acceptors (Lipinski definition) is 4. The highest BCUT2D eigenvalue weighted by molar-refractivity contribution is 6.03. The van der Waals surface area contributed by atoms with Gasteiger partial charge in [-0.05, 0) is 60.2 Å². The van der Waals surface area contributed by atoms with E-state index in [1.54, 1.807) is 36.4 Å². The minimum atomic E-state index is -0.527. The number of H-pyrrole nitrogens is 1. The van der Waals surface area contributed by atoms with Crippen LogP contribution in [0.5, 0.6) is 0 Å². The first-order valence-corrected chi connectivity index (χ1v) is 10.4. The Bertz CT molecular complexity index is 1570. The molecule has 5 rings (SSSR count). The summed E-state index contributed by atoms with van der Waals surface area (Å²) in [5.41, 5.74) is 2.25. The number of fused-ring (bicyclic) bond motifs is 1. The van der Waals surface area contributed by atoms with Crippen LogP contribution in [0.25, 0.3) is 16.7 Å². The molecule has 34 heavy (non-hydrogen) atoms. The van der Waals surface area contributed by atoms with Crippen LogP contribution >= 0.6 is 0 Å². The third-order valence-corrected chi connectivity index (χ3v) is 5.21.